The second kappa shape index (κ2) is 25.8. The van der Waals surface area contributed by atoms with Crippen molar-refractivity contribution in [2.45, 2.75) is 91.1 Å². The third-order valence-corrected chi connectivity index (χ3v) is 18.2. The first kappa shape index (κ1) is 60.3. The van der Waals surface area contributed by atoms with Gasteiger partial charge in [0, 0.05) is 89.4 Å². The van der Waals surface area contributed by atoms with Crippen LogP contribution in [0.25, 0.3) is 43.2 Å². The van der Waals surface area contributed by atoms with Gasteiger partial charge in [0.25, 0.3) is 0 Å². The molecule has 5 atom stereocenters. The molecule has 4 N–H and O–H groups in total. The number of aryl methyl sites for hydroxylation is 1. The van der Waals surface area contributed by atoms with Gasteiger partial charge in [0.15, 0.2) is 5.82 Å². The number of nitrogens with zero attached hydrogens (tertiary/aromatic N) is 9. The maximum absolute atomic E-state index is 17.2. The van der Waals surface area contributed by atoms with E-state index in [9.17, 15) is 29.4 Å². The van der Waals surface area contributed by atoms with Crippen molar-refractivity contribution >= 4 is 74.1 Å². The predicted molar refractivity (Wildman–Crippen MR) is 327 cm³/mol. The molecule has 21 heteroatoms. The first-order valence-electron chi connectivity index (χ1n) is 29.2. The number of hydrogen-bond acceptors (Lipinski definition) is 15. The summed E-state index contributed by atoms with van der Waals surface area (Å²) in [6.07, 6.45) is 2.06. The highest BCUT2D eigenvalue weighted by Gasteiger charge is 2.45. The number of benzene rings is 4. The summed E-state index contributed by atoms with van der Waals surface area (Å²) in [5.41, 5.74) is 4.65. The number of phenolic OH excluding ortho intramolecular Hbond substituents is 1. The Morgan fingerprint density at radius 3 is 2.27 bits per heavy atom. The molecule has 4 aromatic carbocycles. The number of thiazole rings is 1. The fraction of sp³-hybridized carbons (Fsp3) is 0.476. The molecule has 0 radical (unpaired) electrons. The molecule has 6 heterocycles. The molecule has 0 aliphatic carbocycles. The minimum absolute atomic E-state index is 0.00126. The Bertz CT molecular complexity index is 3390. The Kier molecular flexibility index (Phi) is 18.5. The standard InChI is InChI=1S/C63H77ClFN11O7S/c1-8-53(80)74-25-27-75(28-26-74)59-49-32-50(64)54(48-30-45(77)29-44-11-9-10-12-47(44)48)55(65)56(49)69-62(70-59)83-38(2)33-72-21-23-73(24-22-72)34-41-17-19-71(20-18-41)36-52(79)68-58(63(5,6)7)61(82)76-35-46(78)31-51(76)60(81)67-39(3)42-13-15-43(16-14-42)57-40(4)66-37-84-57/h8-16,29-30,32,37-39,41,46,51,58,77-78H,1,17-28,31,33-36H2,2-7H3,(H,67,81)(H,68,79)/t38?,39?,46-,51+,58?/m1/s1. The number of aliphatic hydroxyl groups excluding tert-OH is 1. The smallest absolute Gasteiger partial charge is 0.319 e. The number of halogens is 2. The maximum atomic E-state index is 17.2. The molecule has 3 unspecified atom stereocenters. The van der Waals surface area contributed by atoms with E-state index in [4.69, 9.17) is 26.3 Å². The van der Waals surface area contributed by atoms with Crippen LogP contribution in [0.15, 0.2) is 84.9 Å². The minimum Gasteiger partial charge on any atom is -0.508 e. The summed E-state index contributed by atoms with van der Waals surface area (Å²) in [6, 6.07) is 18.1. The van der Waals surface area contributed by atoms with Crippen LogP contribution in [0.2, 0.25) is 5.02 Å². The summed E-state index contributed by atoms with van der Waals surface area (Å²) < 4.78 is 23.7. The predicted octanol–water partition coefficient (Wildman–Crippen LogP) is 7.68. The van der Waals surface area contributed by atoms with E-state index in [1.807, 2.05) is 100 Å². The molecule has 10 rings (SSSR count). The number of piperidine rings is 1. The molecule has 0 bridgehead atoms. The molecule has 0 spiro atoms. The number of fused-ring (bicyclic) bond motifs is 2. The highest BCUT2D eigenvalue weighted by atomic mass is 35.5. The summed E-state index contributed by atoms with van der Waals surface area (Å²) in [7, 11) is 0. The van der Waals surface area contributed by atoms with Crippen LogP contribution in [0, 0.1) is 24.1 Å². The van der Waals surface area contributed by atoms with Crippen molar-refractivity contribution in [2.75, 3.05) is 96.5 Å². The fourth-order valence-electron chi connectivity index (χ4n) is 12.3. The van der Waals surface area contributed by atoms with Gasteiger partial charge in [-0.05, 0) is 110 Å². The lowest BCUT2D eigenvalue weighted by Gasteiger charge is -2.39. The zero-order valence-electron chi connectivity index (χ0n) is 48.8. The summed E-state index contributed by atoms with van der Waals surface area (Å²) in [5, 5.41) is 29.6. The maximum Gasteiger partial charge on any atom is 0.319 e. The topological polar surface area (TPSA) is 200 Å². The monoisotopic (exact) mass is 1190 g/mol. The van der Waals surface area contributed by atoms with Gasteiger partial charge in [-0.25, -0.2) is 9.37 Å². The van der Waals surface area contributed by atoms with Gasteiger partial charge >= 0.3 is 6.01 Å². The van der Waals surface area contributed by atoms with E-state index in [2.05, 4.69) is 36.9 Å². The van der Waals surface area contributed by atoms with Crippen molar-refractivity contribution in [3.05, 3.63) is 107 Å². The van der Waals surface area contributed by atoms with Gasteiger partial charge < -0.3 is 45.2 Å². The van der Waals surface area contributed by atoms with Crippen molar-refractivity contribution < 1.29 is 38.5 Å². The number of carbonyl (C=O) groups is 4. The second-order valence-corrected chi connectivity index (χ2v) is 25.4. The Balaban J connectivity index is 0.708. The van der Waals surface area contributed by atoms with Crippen molar-refractivity contribution in [1.82, 2.24) is 50.1 Å². The van der Waals surface area contributed by atoms with Crippen LogP contribution >= 0.6 is 22.9 Å². The highest BCUT2D eigenvalue weighted by Crippen LogP contribution is 2.43. The third kappa shape index (κ3) is 13.6. The van der Waals surface area contributed by atoms with Gasteiger partial charge in [-0.3, -0.25) is 29.0 Å². The lowest BCUT2D eigenvalue weighted by molar-refractivity contribution is -0.144. The summed E-state index contributed by atoms with van der Waals surface area (Å²) in [4.78, 5) is 81.7. The number of aromatic hydroxyl groups is 1. The number of carbonyl (C=O) groups excluding carboxylic acids is 4. The molecule has 4 aliphatic heterocycles. The third-order valence-electron chi connectivity index (χ3n) is 17.0. The lowest BCUT2D eigenvalue weighted by Crippen LogP contribution is -2.59. The molecule has 4 aliphatic rings. The number of piperazine rings is 2. The van der Waals surface area contributed by atoms with E-state index >= 15 is 4.39 Å². The van der Waals surface area contributed by atoms with Crippen molar-refractivity contribution in [3.8, 4) is 33.3 Å². The Morgan fingerprint density at radius 2 is 1.60 bits per heavy atom. The fourth-order valence-corrected chi connectivity index (χ4v) is 13.4. The quantitative estimate of drug-likeness (QED) is 0.0649. The molecule has 0 saturated carbocycles. The molecular formula is C63H77ClFN11O7S. The number of hydrogen-bond donors (Lipinski definition) is 4. The molecule has 18 nitrogen and oxygen atoms in total. The number of aliphatic hydroxyl groups is 1. The summed E-state index contributed by atoms with van der Waals surface area (Å²) in [6.45, 7) is 23.5. The molecular weight excluding hydrogens is 1110 g/mol. The summed E-state index contributed by atoms with van der Waals surface area (Å²) >= 11 is 8.54. The number of anilines is 1. The van der Waals surface area contributed by atoms with Crippen LogP contribution in [0.1, 0.15) is 71.2 Å². The van der Waals surface area contributed by atoms with E-state index in [1.54, 1.807) is 28.4 Å². The SMILES string of the molecule is C=CC(=O)N1CCN(c2nc(OC(C)CN3CCN(CC4CCN(CC(=O)NC(C(=O)N5C[C@H](O)C[C@H]5C(=O)NC(C)c5ccc(-c6scnc6C)cc5)C(C)(C)C)CC4)CC3)nc3c(F)c(-c4cc(O)cc5ccccc45)c(Cl)cc23)CC1. The van der Waals surface area contributed by atoms with Gasteiger partial charge in [0.2, 0.25) is 23.6 Å². The van der Waals surface area contributed by atoms with Crippen molar-refractivity contribution in [2.24, 2.45) is 11.3 Å². The zero-order valence-corrected chi connectivity index (χ0v) is 50.4. The number of amides is 4. The first-order chi connectivity index (χ1) is 40.2. The van der Waals surface area contributed by atoms with Crippen molar-refractivity contribution in [3.63, 3.8) is 0 Å². The number of rotatable bonds is 17. The minimum atomic E-state index is -0.914. The average Bonchev–Trinajstić information content (AvgIpc) is 4.23. The molecule has 4 fully saturated rings. The molecule has 2 aromatic heterocycles. The number of β-amino-alcohol motifs (C(OH)–C–C–N with tert-alkyl or cyclic N) is 1. The number of ether oxygens (including phenoxy) is 1. The Hall–Kier alpha value is -6.81. The largest absolute Gasteiger partial charge is 0.508 e. The van der Waals surface area contributed by atoms with Gasteiger partial charge in [-0.15, -0.1) is 11.3 Å². The van der Waals surface area contributed by atoms with Gasteiger partial charge in [-0.1, -0.05) is 87.5 Å². The normalized spacial score (nSPS) is 19.8. The van der Waals surface area contributed by atoms with Gasteiger partial charge in [-0.2, -0.15) is 9.97 Å². The van der Waals surface area contributed by atoms with Crippen LogP contribution < -0.4 is 20.3 Å². The van der Waals surface area contributed by atoms with E-state index in [1.165, 1.54) is 17.0 Å². The number of likely N-dealkylation sites (tertiary alicyclic amines) is 2. The number of phenols is 1. The van der Waals surface area contributed by atoms with Crippen LogP contribution in [0.5, 0.6) is 11.8 Å². The summed E-state index contributed by atoms with van der Waals surface area (Å²) in [5.74, 6) is -0.914. The average molecular weight is 1190 g/mol. The highest BCUT2D eigenvalue weighted by molar-refractivity contribution is 7.13. The van der Waals surface area contributed by atoms with E-state index < -0.39 is 29.4 Å². The van der Waals surface area contributed by atoms with Crippen LogP contribution in [0.3, 0.4) is 0 Å². The van der Waals surface area contributed by atoms with Crippen LogP contribution in [-0.2, 0) is 19.2 Å². The van der Waals surface area contributed by atoms with E-state index in [0.717, 1.165) is 91.1 Å². The number of aromatic nitrogens is 3. The Labute approximate surface area is 499 Å². The molecule has 4 amide bonds. The first-order valence-corrected chi connectivity index (χ1v) is 30.5. The molecule has 6 aromatic rings. The molecule has 84 heavy (non-hydrogen) atoms. The Morgan fingerprint density at radius 1 is 0.893 bits per heavy atom. The number of nitrogens with one attached hydrogen (secondary N) is 2. The van der Waals surface area contributed by atoms with Crippen molar-refractivity contribution in [1.29, 1.82) is 0 Å². The zero-order chi connectivity index (χ0) is 59.6. The van der Waals surface area contributed by atoms with E-state index in [0.29, 0.717) is 55.4 Å². The van der Waals surface area contributed by atoms with Gasteiger partial charge in [0.1, 0.15) is 35.3 Å². The van der Waals surface area contributed by atoms with Crippen LogP contribution in [-0.4, -0.2) is 189 Å². The van der Waals surface area contributed by atoms with Crippen LogP contribution in [0.4, 0.5) is 10.2 Å². The van der Waals surface area contributed by atoms with Gasteiger partial charge in [0.05, 0.1) is 39.8 Å². The lowest BCUT2D eigenvalue weighted by atomic mass is 9.85. The second-order valence-electron chi connectivity index (χ2n) is 24.1. The molecule has 4 saturated heterocycles. The van der Waals surface area contributed by atoms with E-state index in [-0.39, 0.29) is 83.1 Å². The molecule has 446 valence electrons.